The molecule has 2 aromatic rings. The van der Waals surface area contributed by atoms with Gasteiger partial charge in [0.25, 0.3) is 0 Å². The molecule has 0 bridgehead atoms. The molecule has 1 heterocycles. The molecule has 0 unspecified atom stereocenters. The minimum Gasteiger partial charge on any atom is -0.383 e. The first kappa shape index (κ1) is 10.5. The van der Waals surface area contributed by atoms with Gasteiger partial charge in [-0.25, -0.2) is 0 Å². The second-order valence-corrected chi connectivity index (χ2v) is 3.69. The summed E-state index contributed by atoms with van der Waals surface area (Å²) in [5, 5.41) is 12.0. The summed E-state index contributed by atoms with van der Waals surface area (Å²) < 4.78 is 1.17. The molecule has 0 aliphatic heterocycles. The number of halogens is 1. The molecular weight excluding hydrogens is 226 g/mol. The first-order valence-corrected chi connectivity index (χ1v) is 4.91. The van der Waals surface area contributed by atoms with Crippen molar-refractivity contribution < 1.29 is 0 Å². The monoisotopic (exact) mass is 235 g/mol. The molecule has 0 spiro atoms. The van der Waals surface area contributed by atoms with E-state index < -0.39 is 0 Å². The molecule has 0 saturated carbocycles. The van der Waals surface area contributed by atoms with Gasteiger partial charge in [0, 0.05) is 16.7 Å². The second kappa shape index (κ2) is 3.86. The highest BCUT2D eigenvalue weighted by Crippen LogP contribution is 2.21. The van der Waals surface area contributed by atoms with Crippen molar-refractivity contribution in [1.82, 2.24) is 9.78 Å². The fourth-order valence-corrected chi connectivity index (χ4v) is 1.48. The van der Waals surface area contributed by atoms with Crippen LogP contribution in [-0.4, -0.2) is 15.7 Å². The summed E-state index contributed by atoms with van der Waals surface area (Å²) >= 11 is 5.78. The highest BCUT2D eigenvalue weighted by molar-refractivity contribution is 6.30. The van der Waals surface area contributed by atoms with Gasteiger partial charge in [-0.05, 0) is 12.1 Å². The maximum absolute atomic E-state index is 7.26. The van der Waals surface area contributed by atoms with E-state index in [1.54, 1.807) is 18.2 Å². The lowest BCUT2D eigenvalue weighted by Gasteiger charge is -1.98. The van der Waals surface area contributed by atoms with Gasteiger partial charge in [0.15, 0.2) is 0 Å². The molecule has 0 radical (unpaired) electrons. The number of aromatic nitrogens is 2. The van der Waals surface area contributed by atoms with E-state index in [0.29, 0.717) is 16.5 Å². The Hall–Kier alpha value is -2.01. The van der Waals surface area contributed by atoms with E-state index in [1.165, 1.54) is 4.68 Å². The maximum Gasteiger partial charge on any atom is 0.215 e. The zero-order valence-corrected chi connectivity index (χ0v) is 9.07. The molecule has 2 rings (SSSR count). The van der Waals surface area contributed by atoms with Crippen LogP contribution in [0.5, 0.6) is 0 Å². The van der Waals surface area contributed by atoms with Crippen LogP contribution < -0.4 is 11.5 Å². The molecule has 16 heavy (non-hydrogen) atoms. The van der Waals surface area contributed by atoms with Crippen LogP contribution in [0, 0.1) is 5.41 Å². The molecule has 5 nitrogen and oxygen atoms in total. The Bertz CT molecular complexity index is 529. The maximum atomic E-state index is 7.26. The van der Waals surface area contributed by atoms with E-state index in [-0.39, 0.29) is 5.96 Å². The summed E-state index contributed by atoms with van der Waals surface area (Å²) in [6.45, 7) is 0. The van der Waals surface area contributed by atoms with Crippen LogP contribution in [-0.2, 0) is 0 Å². The van der Waals surface area contributed by atoms with Gasteiger partial charge in [-0.3, -0.25) is 5.41 Å². The fourth-order valence-electron chi connectivity index (χ4n) is 1.35. The number of nitrogens with zero attached hydrogens (tertiary/aromatic N) is 2. The minimum atomic E-state index is -0.210. The van der Waals surface area contributed by atoms with Crippen molar-refractivity contribution >= 4 is 23.4 Å². The van der Waals surface area contributed by atoms with Crippen molar-refractivity contribution in [2.24, 2.45) is 5.73 Å². The largest absolute Gasteiger partial charge is 0.383 e. The number of hydrogen-bond acceptors (Lipinski definition) is 3. The third kappa shape index (κ3) is 1.85. The van der Waals surface area contributed by atoms with Crippen LogP contribution in [0.3, 0.4) is 0 Å². The summed E-state index contributed by atoms with van der Waals surface area (Å²) in [7, 11) is 0. The van der Waals surface area contributed by atoms with E-state index in [4.69, 9.17) is 28.5 Å². The van der Waals surface area contributed by atoms with Gasteiger partial charge < -0.3 is 11.5 Å². The Morgan fingerprint density at radius 3 is 2.44 bits per heavy atom. The second-order valence-electron chi connectivity index (χ2n) is 3.26. The molecule has 0 fully saturated rings. The zero-order valence-electron chi connectivity index (χ0n) is 8.31. The van der Waals surface area contributed by atoms with Gasteiger partial charge in [-0.15, -0.1) is 0 Å². The van der Waals surface area contributed by atoms with E-state index in [2.05, 4.69) is 5.10 Å². The van der Waals surface area contributed by atoms with Gasteiger partial charge in [-0.1, -0.05) is 23.7 Å². The number of nitrogen functional groups attached to an aromatic ring is 2. The standard InChI is InChI=1S/C10H10ClN5/c11-7-3-1-6(2-4-7)8-5-9(12)16(15-8)10(13)14/h1-5H,12H2,(H3,13,14). The predicted molar refractivity (Wildman–Crippen MR) is 64.4 cm³/mol. The molecule has 1 aromatic carbocycles. The number of benzene rings is 1. The first-order valence-electron chi connectivity index (χ1n) is 4.54. The van der Waals surface area contributed by atoms with Crippen molar-refractivity contribution in [3.05, 3.63) is 35.4 Å². The topological polar surface area (TPSA) is 93.7 Å². The van der Waals surface area contributed by atoms with E-state index in [9.17, 15) is 0 Å². The van der Waals surface area contributed by atoms with Gasteiger partial charge in [-0.2, -0.15) is 9.78 Å². The third-order valence-corrected chi connectivity index (χ3v) is 2.36. The average molecular weight is 236 g/mol. The SMILES string of the molecule is N=C(N)n1nc(-c2ccc(Cl)cc2)cc1N. The van der Waals surface area contributed by atoms with Gasteiger partial charge in [0.2, 0.25) is 5.96 Å². The van der Waals surface area contributed by atoms with Gasteiger partial charge in [0.05, 0.1) is 5.69 Å². The molecule has 0 amide bonds. The molecule has 0 atom stereocenters. The Morgan fingerprint density at radius 2 is 1.94 bits per heavy atom. The van der Waals surface area contributed by atoms with E-state index >= 15 is 0 Å². The molecule has 6 heteroatoms. The Labute approximate surface area is 97.1 Å². The molecule has 5 N–H and O–H groups in total. The van der Waals surface area contributed by atoms with Crippen molar-refractivity contribution in [1.29, 1.82) is 5.41 Å². The third-order valence-electron chi connectivity index (χ3n) is 2.11. The van der Waals surface area contributed by atoms with Crippen LogP contribution in [0.4, 0.5) is 5.82 Å². The summed E-state index contributed by atoms with van der Waals surface area (Å²) in [6, 6.07) is 8.84. The summed E-state index contributed by atoms with van der Waals surface area (Å²) in [6.07, 6.45) is 0. The smallest absolute Gasteiger partial charge is 0.215 e. The quantitative estimate of drug-likeness (QED) is 0.517. The van der Waals surface area contributed by atoms with Crippen LogP contribution in [0.15, 0.2) is 30.3 Å². The molecule has 0 saturated heterocycles. The summed E-state index contributed by atoms with van der Waals surface area (Å²) in [5.41, 5.74) is 12.5. The number of nitrogens with one attached hydrogen (secondary N) is 1. The molecule has 0 aliphatic carbocycles. The van der Waals surface area contributed by atoms with Crippen LogP contribution in [0.25, 0.3) is 11.3 Å². The number of nitrogens with two attached hydrogens (primary N) is 2. The summed E-state index contributed by atoms with van der Waals surface area (Å²) in [5.74, 6) is 0.121. The lowest BCUT2D eigenvalue weighted by Crippen LogP contribution is -2.23. The molecule has 0 aliphatic rings. The van der Waals surface area contributed by atoms with E-state index in [0.717, 1.165) is 5.56 Å². The lowest BCUT2D eigenvalue weighted by molar-refractivity contribution is 0.925. The summed E-state index contributed by atoms with van der Waals surface area (Å²) in [4.78, 5) is 0. The van der Waals surface area contributed by atoms with Crippen LogP contribution in [0.1, 0.15) is 0 Å². The predicted octanol–water partition coefficient (Wildman–Crippen LogP) is 1.53. The minimum absolute atomic E-state index is 0.210. The number of rotatable bonds is 1. The van der Waals surface area contributed by atoms with Crippen molar-refractivity contribution in [3.63, 3.8) is 0 Å². The highest BCUT2D eigenvalue weighted by atomic mass is 35.5. The lowest BCUT2D eigenvalue weighted by atomic mass is 10.1. The number of anilines is 1. The van der Waals surface area contributed by atoms with Crippen LogP contribution >= 0.6 is 11.6 Å². The Kier molecular flexibility index (Phi) is 2.54. The van der Waals surface area contributed by atoms with Crippen LogP contribution in [0.2, 0.25) is 5.02 Å². The zero-order chi connectivity index (χ0) is 11.7. The van der Waals surface area contributed by atoms with E-state index in [1.807, 2.05) is 12.1 Å². The number of hydrogen-bond donors (Lipinski definition) is 3. The fraction of sp³-hybridized carbons (Fsp3) is 0. The van der Waals surface area contributed by atoms with Crippen molar-refractivity contribution in [2.45, 2.75) is 0 Å². The molecular formula is C10H10ClN5. The highest BCUT2D eigenvalue weighted by Gasteiger charge is 2.08. The van der Waals surface area contributed by atoms with Gasteiger partial charge >= 0.3 is 0 Å². The van der Waals surface area contributed by atoms with Gasteiger partial charge in [0.1, 0.15) is 5.82 Å². The van der Waals surface area contributed by atoms with Crippen molar-refractivity contribution in [2.75, 3.05) is 5.73 Å². The van der Waals surface area contributed by atoms with Crippen molar-refractivity contribution in [3.8, 4) is 11.3 Å². The normalized spacial score (nSPS) is 10.3. The Morgan fingerprint density at radius 1 is 1.31 bits per heavy atom. The average Bonchev–Trinajstić information content (AvgIpc) is 2.61. The first-order chi connectivity index (χ1) is 7.58. The molecule has 82 valence electrons. The Balaban J connectivity index is 2.45. The molecule has 1 aromatic heterocycles.